The molecule has 0 aliphatic carbocycles. The van der Waals surface area contributed by atoms with Gasteiger partial charge in [-0.3, -0.25) is 33.5 Å². The molecule has 0 unspecified atom stereocenters. The fourth-order valence-corrected chi connectivity index (χ4v) is 6.46. The topological polar surface area (TPSA) is 319 Å². The highest BCUT2D eigenvalue weighted by Crippen LogP contribution is 2.29. The average Bonchev–Trinajstić information content (AvgIpc) is 3.55. The lowest BCUT2D eigenvalue weighted by molar-refractivity contribution is -0.181. The molecule has 0 saturated heterocycles. The van der Waals surface area contributed by atoms with Crippen molar-refractivity contribution < 1.29 is 93.9 Å². The molecule has 0 bridgehead atoms. The SMILES string of the molecule is CCCN(OCCNC(=O)OCCOCCOCCOCCOCCOCCOCCOCCOCCOCCOCCNC(=O)CN1C(=O)C=CC1=O)C(=O)C1=Cc2cc(S(=O)(=O)O)ccc2N=C(N)C1. The largest absolute Gasteiger partial charge is 0.447 e. The Hall–Kier alpha value is -5.01. The summed E-state index contributed by atoms with van der Waals surface area (Å²) in [7, 11) is -4.48. The van der Waals surface area contributed by atoms with E-state index in [4.69, 9.17) is 62.7 Å². The highest BCUT2D eigenvalue weighted by Gasteiger charge is 2.26. The number of nitrogens with zero attached hydrogens (tertiary/aromatic N) is 3. The van der Waals surface area contributed by atoms with Gasteiger partial charge in [0.2, 0.25) is 5.91 Å². The molecule has 1 aromatic carbocycles. The molecule has 27 heteroatoms. The van der Waals surface area contributed by atoms with Gasteiger partial charge in [0, 0.05) is 49.3 Å². The van der Waals surface area contributed by atoms with Crippen molar-refractivity contribution in [2.75, 3.05) is 172 Å². The minimum Gasteiger partial charge on any atom is -0.447 e. The molecule has 5 N–H and O–H groups in total. The van der Waals surface area contributed by atoms with E-state index in [9.17, 15) is 36.9 Å². The average molecular weight is 1050 g/mol. The van der Waals surface area contributed by atoms with E-state index in [-0.39, 0.29) is 80.9 Å². The number of aliphatic imine (C=N–C) groups is 1. The summed E-state index contributed by atoms with van der Waals surface area (Å²) >= 11 is 0. The van der Waals surface area contributed by atoms with Crippen molar-refractivity contribution in [3.8, 4) is 0 Å². The number of alkyl carbamates (subject to hydrolysis) is 1. The van der Waals surface area contributed by atoms with Crippen LogP contribution in [0, 0.1) is 0 Å². The number of imide groups is 1. The number of hydrogen-bond donors (Lipinski definition) is 4. The molecule has 0 saturated carbocycles. The highest BCUT2D eigenvalue weighted by atomic mass is 32.2. The third-order valence-corrected chi connectivity index (χ3v) is 10.2. The standard InChI is InChI=1S/C45H70N6O20S/c1-2-9-51(44(55)37-32-36-33-38(72(57,58)59)3-4-39(36)49-40(46)34-37)71-11-8-48-45(56)70-31-30-69-29-28-68-27-26-67-25-24-66-23-22-65-21-20-64-19-18-63-17-16-62-15-14-61-13-12-60-10-7-47-41(52)35-50-42(53)5-6-43(50)54/h3-6,32-33H,2,7-31,34-35H2,1H3,(H2,46,49)(H,47,52)(H,48,56)(H,57,58,59). The van der Waals surface area contributed by atoms with E-state index >= 15 is 0 Å². The maximum absolute atomic E-state index is 13.4. The van der Waals surface area contributed by atoms with Gasteiger partial charge >= 0.3 is 6.09 Å². The van der Waals surface area contributed by atoms with Gasteiger partial charge in [-0.25, -0.2) is 14.9 Å². The second-order valence-corrected chi connectivity index (χ2v) is 16.4. The molecule has 1 aromatic rings. The number of rotatable bonds is 43. The zero-order valence-electron chi connectivity index (χ0n) is 40.8. The van der Waals surface area contributed by atoms with Crippen molar-refractivity contribution in [3.05, 3.63) is 41.5 Å². The molecular formula is C45H70N6O20S. The number of carbonyl (C=O) groups excluding carboxylic acids is 5. The van der Waals surface area contributed by atoms with Crippen LogP contribution in [0.25, 0.3) is 6.08 Å². The number of nitrogens with two attached hydrogens (primary N) is 1. The predicted molar refractivity (Wildman–Crippen MR) is 254 cm³/mol. The number of hydroxylamine groups is 2. The van der Waals surface area contributed by atoms with E-state index in [1.165, 1.54) is 24.3 Å². The number of benzene rings is 1. The van der Waals surface area contributed by atoms with Crippen molar-refractivity contribution in [2.45, 2.75) is 24.7 Å². The zero-order chi connectivity index (χ0) is 52.1. The molecule has 2 aliphatic heterocycles. The van der Waals surface area contributed by atoms with Crippen molar-refractivity contribution >= 4 is 57.4 Å². The molecule has 72 heavy (non-hydrogen) atoms. The number of ether oxygens (including phenoxy) is 11. The Balaban J connectivity index is 0.994. The lowest BCUT2D eigenvalue weighted by Crippen LogP contribution is -2.41. The molecule has 0 aromatic heterocycles. The molecule has 0 atom stereocenters. The molecule has 26 nitrogen and oxygen atoms in total. The first-order valence-electron chi connectivity index (χ1n) is 23.5. The number of amidine groups is 1. The van der Waals surface area contributed by atoms with Gasteiger partial charge < -0.3 is 68.5 Å². The molecule has 0 radical (unpaired) electrons. The Morgan fingerprint density at radius 2 is 1.11 bits per heavy atom. The zero-order valence-corrected chi connectivity index (χ0v) is 41.6. The van der Waals surface area contributed by atoms with Crippen LogP contribution in [0.1, 0.15) is 25.3 Å². The van der Waals surface area contributed by atoms with Crippen LogP contribution in [-0.4, -0.2) is 230 Å². The van der Waals surface area contributed by atoms with Crippen LogP contribution in [0.2, 0.25) is 0 Å². The third kappa shape index (κ3) is 27.7. The first kappa shape index (κ1) is 61.3. The highest BCUT2D eigenvalue weighted by molar-refractivity contribution is 7.85. The van der Waals surface area contributed by atoms with E-state index in [2.05, 4.69) is 15.6 Å². The molecule has 3 rings (SSSR count). The summed E-state index contributed by atoms with van der Waals surface area (Å²) in [6.07, 6.45) is 3.55. The second-order valence-electron chi connectivity index (χ2n) is 15.0. The van der Waals surface area contributed by atoms with Crippen LogP contribution in [-0.2, 0) is 86.2 Å². The molecule has 406 valence electrons. The van der Waals surface area contributed by atoms with Gasteiger partial charge in [0.25, 0.3) is 27.8 Å². The van der Waals surface area contributed by atoms with E-state index in [1.807, 2.05) is 6.92 Å². The van der Waals surface area contributed by atoms with Gasteiger partial charge in [0.05, 0.1) is 149 Å². The van der Waals surface area contributed by atoms with Gasteiger partial charge in [-0.05, 0) is 30.7 Å². The summed E-state index contributed by atoms with van der Waals surface area (Å²) in [6, 6.07) is 3.78. The first-order valence-corrected chi connectivity index (χ1v) is 24.9. The Labute approximate surface area is 419 Å². The number of hydrogen-bond acceptors (Lipinski definition) is 21. The normalized spacial score (nSPS) is 13.4. The third-order valence-electron chi connectivity index (χ3n) is 9.39. The summed E-state index contributed by atoms with van der Waals surface area (Å²) in [5, 5.41) is 6.25. The fourth-order valence-electron chi connectivity index (χ4n) is 5.95. The van der Waals surface area contributed by atoms with E-state index in [1.54, 1.807) is 0 Å². The molecule has 0 fully saturated rings. The van der Waals surface area contributed by atoms with Gasteiger partial charge in [-0.1, -0.05) is 6.92 Å². The molecular weight excluding hydrogens is 977 g/mol. The van der Waals surface area contributed by atoms with E-state index < -0.39 is 39.8 Å². The smallest absolute Gasteiger partial charge is 0.407 e. The van der Waals surface area contributed by atoms with Crippen LogP contribution in [0.5, 0.6) is 0 Å². The summed E-state index contributed by atoms with van der Waals surface area (Å²) in [5.74, 6) is -1.84. The van der Waals surface area contributed by atoms with Crippen LogP contribution < -0.4 is 16.4 Å². The van der Waals surface area contributed by atoms with Crippen molar-refractivity contribution in [2.24, 2.45) is 10.7 Å². The van der Waals surface area contributed by atoms with Gasteiger partial charge in [0.15, 0.2) is 0 Å². The lowest BCUT2D eigenvalue weighted by Gasteiger charge is -2.22. The number of nitrogens with one attached hydrogen (secondary N) is 2. The lowest BCUT2D eigenvalue weighted by atomic mass is 10.1. The van der Waals surface area contributed by atoms with Gasteiger partial charge in [-0.15, -0.1) is 0 Å². The second kappa shape index (κ2) is 37.7. The van der Waals surface area contributed by atoms with E-state index in [0.717, 1.165) is 22.1 Å². The monoisotopic (exact) mass is 1050 g/mol. The Morgan fingerprint density at radius 3 is 1.57 bits per heavy atom. The maximum atomic E-state index is 13.4. The molecule has 5 amide bonds. The quantitative estimate of drug-likeness (QED) is 0.0285. The van der Waals surface area contributed by atoms with E-state index in [0.29, 0.717) is 131 Å². The molecule has 2 heterocycles. The van der Waals surface area contributed by atoms with Gasteiger partial charge in [0.1, 0.15) is 19.0 Å². The minimum absolute atomic E-state index is 0.00722. The predicted octanol–water partition coefficient (Wildman–Crippen LogP) is -0.187. The fraction of sp³-hybridized carbons (Fsp3) is 0.644. The maximum Gasteiger partial charge on any atom is 0.407 e. The van der Waals surface area contributed by atoms with Gasteiger partial charge in [-0.2, -0.15) is 8.42 Å². The van der Waals surface area contributed by atoms with Crippen LogP contribution in [0.15, 0.2) is 45.8 Å². The van der Waals surface area contributed by atoms with Crippen LogP contribution in [0.3, 0.4) is 0 Å². The van der Waals surface area contributed by atoms with Crippen LogP contribution >= 0.6 is 0 Å². The first-order chi connectivity index (χ1) is 34.9. The van der Waals surface area contributed by atoms with Crippen molar-refractivity contribution in [1.82, 2.24) is 20.6 Å². The van der Waals surface area contributed by atoms with Crippen molar-refractivity contribution in [1.29, 1.82) is 0 Å². The molecule has 0 spiro atoms. The summed E-state index contributed by atoms with van der Waals surface area (Å²) in [4.78, 5) is 70.6. The van der Waals surface area contributed by atoms with Crippen molar-refractivity contribution in [3.63, 3.8) is 0 Å². The summed E-state index contributed by atoms with van der Waals surface area (Å²) in [5.41, 5.74) is 6.84. The minimum atomic E-state index is -4.48. The molecule has 2 aliphatic rings. The Morgan fingerprint density at radius 1 is 0.667 bits per heavy atom. The number of carbonyl (C=O) groups is 5. The Kier molecular flexibility index (Phi) is 32.1. The number of fused-ring (bicyclic) bond motifs is 1. The summed E-state index contributed by atoms with van der Waals surface area (Å²) < 4.78 is 92.3. The van der Waals surface area contributed by atoms with Crippen LogP contribution in [0.4, 0.5) is 10.5 Å². The number of amides is 5. The summed E-state index contributed by atoms with van der Waals surface area (Å²) in [6.45, 7) is 9.56. The Bertz CT molecular complexity index is 1970.